The third kappa shape index (κ3) is 3.52. The predicted octanol–water partition coefficient (Wildman–Crippen LogP) is 1.25. The number of rotatable bonds is 5. The minimum absolute atomic E-state index is 0.0251. The number of carbonyl (C=O) groups is 2. The van der Waals surface area contributed by atoms with Gasteiger partial charge >= 0.3 is 5.97 Å². The number of fused-ring (bicyclic) bond motifs is 1. The van der Waals surface area contributed by atoms with E-state index in [1.54, 1.807) is 6.92 Å². The lowest BCUT2D eigenvalue weighted by atomic mass is 10.1. The summed E-state index contributed by atoms with van der Waals surface area (Å²) in [6, 6.07) is 7.07. The molecule has 0 bridgehead atoms. The minimum Gasteiger partial charge on any atom is -0.478 e. The number of nitrogens with one attached hydrogen (secondary N) is 1. The van der Waals surface area contributed by atoms with Crippen molar-refractivity contribution in [1.82, 2.24) is 4.98 Å². The van der Waals surface area contributed by atoms with Crippen LogP contribution < -0.4 is 15.4 Å². The summed E-state index contributed by atoms with van der Waals surface area (Å²) in [6.45, 7) is 2.17. The number of amides is 1. The van der Waals surface area contributed by atoms with Crippen molar-refractivity contribution < 1.29 is 23.1 Å². The number of nitrogens with two attached hydrogens (primary N) is 1. The van der Waals surface area contributed by atoms with Gasteiger partial charge in [0.25, 0.3) is 5.91 Å². The van der Waals surface area contributed by atoms with Crippen LogP contribution in [0.1, 0.15) is 22.8 Å². The number of carbonyl (C=O) groups excluding carboxylic acids is 1. The van der Waals surface area contributed by atoms with Gasteiger partial charge in [-0.1, -0.05) is 0 Å². The summed E-state index contributed by atoms with van der Waals surface area (Å²) >= 11 is 0. The number of anilines is 2. The van der Waals surface area contributed by atoms with Crippen LogP contribution in [0, 0.1) is 0 Å². The van der Waals surface area contributed by atoms with Gasteiger partial charge in [-0.05, 0) is 37.3 Å². The highest BCUT2D eigenvalue weighted by Gasteiger charge is 2.33. The molecule has 0 radical (unpaired) electrons. The van der Waals surface area contributed by atoms with E-state index in [-0.39, 0.29) is 21.9 Å². The Balaban J connectivity index is 1.95. The molecular weight excluding hydrogens is 372 g/mol. The summed E-state index contributed by atoms with van der Waals surface area (Å²) in [7, 11) is -3.79. The maximum atomic E-state index is 12.6. The maximum absolute atomic E-state index is 12.6. The molecule has 2 heterocycles. The van der Waals surface area contributed by atoms with Crippen molar-refractivity contribution in [3.8, 4) is 0 Å². The average Bonchev–Trinajstić information content (AvgIpc) is 2.89. The third-order valence-electron chi connectivity index (χ3n) is 4.02. The van der Waals surface area contributed by atoms with Crippen LogP contribution in [0.4, 0.5) is 11.5 Å². The van der Waals surface area contributed by atoms with E-state index in [1.807, 2.05) is 0 Å². The second-order valence-electron chi connectivity index (χ2n) is 5.72. The van der Waals surface area contributed by atoms with Crippen LogP contribution in [0.2, 0.25) is 0 Å². The number of carboxylic acid groups (broad SMARTS) is 1. The molecule has 9 nitrogen and oxygen atoms in total. The first-order valence-corrected chi connectivity index (χ1v) is 9.42. The number of carboxylic acids is 1. The Hall–Kier alpha value is -3.24. The summed E-state index contributed by atoms with van der Waals surface area (Å²) in [6.07, 6.45) is 2.65. The normalized spacial score (nSPS) is 15.1. The number of hydrogen-bond donors (Lipinski definition) is 3. The zero-order chi connectivity index (χ0) is 19.8. The van der Waals surface area contributed by atoms with Crippen molar-refractivity contribution in [1.29, 1.82) is 0 Å². The first kappa shape index (κ1) is 18.5. The van der Waals surface area contributed by atoms with Crippen molar-refractivity contribution >= 4 is 39.0 Å². The van der Waals surface area contributed by atoms with Crippen molar-refractivity contribution in [2.45, 2.75) is 11.8 Å². The molecule has 1 aliphatic heterocycles. The quantitative estimate of drug-likeness (QED) is 0.654. The van der Waals surface area contributed by atoms with Gasteiger partial charge in [0.1, 0.15) is 5.82 Å². The van der Waals surface area contributed by atoms with E-state index < -0.39 is 16.0 Å². The van der Waals surface area contributed by atoms with Crippen LogP contribution in [0.25, 0.3) is 5.57 Å². The standard InChI is InChI=1S/C17H16N4O5S/c1-2-21-15-13(7-10(8-20-15)17(23)24)14(16(21)22)9-19-11-3-5-12(6-4-11)27(18,25)26/h3-9,19H,2H2,1H3,(H,23,24)(H2,18,25,26). The van der Waals surface area contributed by atoms with Crippen LogP contribution in [0.3, 0.4) is 0 Å². The van der Waals surface area contributed by atoms with Gasteiger partial charge in [0.05, 0.1) is 16.0 Å². The molecule has 10 heteroatoms. The highest BCUT2D eigenvalue weighted by atomic mass is 32.2. The Morgan fingerprint density at radius 3 is 2.56 bits per heavy atom. The lowest BCUT2D eigenvalue weighted by Crippen LogP contribution is -2.26. The second kappa shape index (κ2) is 6.82. The molecule has 4 N–H and O–H groups in total. The SMILES string of the molecule is CCN1C(=O)C(=CNc2ccc(S(N)(=O)=O)cc2)c2cc(C(=O)O)cnc21. The Morgan fingerprint density at radius 2 is 2.00 bits per heavy atom. The van der Waals surface area contributed by atoms with Gasteiger partial charge in [0.15, 0.2) is 0 Å². The van der Waals surface area contributed by atoms with Crippen molar-refractivity contribution in [3.63, 3.8) is 0 Å². The molecule has 0 saturated heterocycles. The molecule has 1 amide bonds. The number of pyridine rings is 1. The monoisotopic (exact) mass is 388 g/mol. The molecule has 0 unspecified atom stereocenters. The smallest absolute Gasteiger partial charge is 0.337 e. The van der Waals surface area contributed by atoms with Crippen LogP contribution >= 0.6 is 0 Å². The van der Waals surface area contributed by atoms with Gasteiger partial charge < -0.3 is 10.4 Å². The fourth-order valence-electron chi connectivity index (χ4n) is 2.67. The van der Waals surface area contributed by atoms with Gasteiger partial charge in [-0.15, -0.1) is 0 Å². The molecule has 140 valence electrons. The predicted molar refractivity (Wildman–Crippen MR) is 98.6 cm³/mol. The fourth-order valence-corrected chi connectivity index (χ4v) is 3.19. The number of benzene rings is 1. The van der Waals surface area contributed by atoms with Crippen LogP contribution in [0.5, 0.6) is 0 Å². The zero-order valence-corrected chi connectivity index (χ0v) is 15.0. The van der Waals surface area contributed by atoms with Crippen molar-refractivity contribution in [2.24, 2.45) is 5.14 Å². The van der Waals surface area contributed by atoms with Gasteiger partial charge in [-0.25, -0.2) is 23.3 Å². The highest BCUT2D eigenvalue weighted by Crippen LogP contribution is 2.35. The third-order valence-corrected chi connectivity index (χ3v) is 4.95. The topological polar surface area (TPSA) is 143 Å². The molecule has 0 atom stereocenters. The summed E-state index contributed by atoms with van der Waals surface area (Å²) in [5, 5.41) is 17.1. The molecule has 1 aliphatic rings. The summed E-state index contributed by atoms with van der Waals surface area (Å²) in [5.41, 5.74) is 1.18. The van der Waals surface area contributed by atoms with E-state index in [0.717, 1.165) is 0 Å². The number of aromatic nitrogens is 1. The summed E-state index contributed by atoms with van der Waals surface area (Å²) in [5.74, 6) is -1.06. The lowest BCUT2D eigenvalue weighted by molar-refractivity contribution is -0.113. The lowest BCUT2D eigenvalue weighted by Gasteiger charge is -2.12. The van der Waals surface area contributed by atoms with E-state index >= 15 is 0 Å². The molecule has 0 aliphatic carbocycles. The summed E-state index contributed by atoms with van der Waals surface area (Å²) in [4.78, 5) is 29.3. The van der Waals surface area contributed by atoms with Crippen LogP contribution in [-0.2, 0) is 14.8 Å². The van der Waals surface area contributed by atoms with E-state index in [1.165, 1.54) is 47.6 Å². The average molecular weight is 388 g/mol. The van der Waals surface area contributed by atoms with Gasteiger partial charge in [-0.2, -0.15) is 0 Å². The molecule has 3 rings (SSSR count). The van der Waals surface area contributed by atoms with E-state index in [4.69, 9.17) is 10.2 Å². The molecule has 0 fully saturated rings. The van der Waals surface area contributed by atoms with Crippen LogP contribution in [0.15, 0.2) is 47.6 Å². The Morgan fingerprint density at radius 1 is 1.33 bits per heavy atom. The highest BCUT2D eigenvalue weighted by molar-refractivity contribution is 7.89. The molecule has 1 aromatic heterocycles. The molecule has 2 aromatic rings. The maximum Gasteiger partial charge on any atom is 0.337 e. The summed E-state index contributed by atoms with van der Waals surface area (Å²) < 4.78 is 22.6. The minimum atomic E-state index is -3.79. The number of primary sulfonamides is 1. The number of aromatic carboxylic acids is 1. The first-order chi connectivity index (χ1) is 12.7. The Kier molecular flexibility index (Phi) is 4.68. The zero-order valence-electron chi connectivity index (χ0n) is 14.2. The Bertz CT molecular complexity index is 1060. The Labute approximate surface area is 155 Å². The van der Waals surface area contributed by atoms with E-state index in [2.05, 4.69) is 10.3 Å². The van der Waals surface area contributed by atoms with Crippen molar-refractivity contribution in [3.05, 3.63) is 53.9 Å². The molecular formula is C17H16N4O5S. The molecule has 0 saturated carbocycles. The fraction of sp³-hybridized carbons (Fsp3) is 0.118. The number of sulfonamides is 1. The molecule has 27 heavy (non-hydrogen) atoms. The number of likely N-dealkylation sites (N-methyl/N-ethyl adjacent to an activating group) is 1. The van der Waals surface area contributed by atoms with Gasteiger partial charge in [-0.3, -0.25) is 9.69 Å². The van der Waals surface area contributed by atoms with Crippen LogP contribution in [-0.4, -0.2) is 36.9 Å². The number of hydrogen-bond acceptors (Lipinski definition) is 6. The first-order valence-electron chi connectivity index (χ1n) is 7.87. The van der Waals surface area contributed by atoms with E-state index in [0.29, 0.717) is 23.6 Å². The molecule has 0 spiro atoms. The number of nitrogens with zero attached hydrogens (tertiary/aromatic N) is 2. The van der Waals surface area contributed by atoms with E-state index in [9.17, 15) is 18.0 Å². The largest absolute Gasteiger partial charge is 0.478 e. The van der Waals surface area contributed by atoms with Gasteiger partial charge in [0.2, 0.25) is 10.0 Å². The molecule has 1 aromatic carbocycles. The van der Waals surface area contributed by atoms with Gasteiger partial charge in [0, 0.05) is 30.2 Å². The second-order valence-corrected chi connectivity index (χ2v) is 7.28. The van der Waals surface area contributed by atoms with Crippen molar-refractivity contribution in [2.75, 3.05) is 16.8 Å².